The van der Waals surface area contributed by atoms with E-state index < -0.39 is 0 Å². The zero-order chi connectivity index (χ0) is 49.1. The average molecular weight is 968 g/mol. The largest absolute Gasteiger partial charge is 0.489 e. The van der Waals surface area contributed by atoms with Gasteiger partial charge in [-0.3, -0.25) is 9.59 Å². The molecule has 0 N–H and O–H groups in total. The Morgan fingerprint density at radius 1 is 0.414 bits per heavy atom. The van der Waals surface area contributed by atoms with E-state index in [1.54, 1.807) is 0 Å². The van der Waals surface area contributed by atoms with Crippen molar-refractivity contribution in [3.63, 3.8) is 0 Å². The standard InChI is InChI=1S/C64H102O6/c1-3-5-7-9-11-13-15-17-19-27-39-55(41-33-47-61(65)67-51-49-53-35-23-21-24-36-53)69-63-57-43-29-31-45-59(57)64(60-46-32-30-44-58(60)63)70-56(40-28-20-18-16-14-12-10-8-6-4-2)42-34-48-62(66)68-52-50-54-37-25-22-26-38-54/h29-32,43-46,53-56H,3-28,33-42,47-52H2,1-2H3. The third kappa shape index (κ3) is 23.1. The molecule has 0 aliphatic heterocycles. The fourth-order valence-electron chi connectivity index (χ4n) is 11.6. The van der Waals surface area contributed by atoms with E-state index in [-0.39, 0.29) is 24.1 Å². The van der Waals surface area contributed by atoms with E-state index in [2.05, 4.69) is 62.4 Å². The number of benzene rings is 3. The normalized spacial score (nSPS) is 15.6. The maximum Gasteiger partial charge on any atom is 0.305 e. The predicted molar refractivity (Wildman–Crippen MR) is 295 cm³/mol. The Labute approximate surface area is 428 Å². The minimum absolute atomic E-state index is 0.00539. The van der Waals surface area contributed by atoms with E-state index in [0.29, 0.717) is 37.9 Å². The molecule has 3 aromatic rings. The highest BCUT2D eigenvalue weighted by Gasteiger charge is 2.23. The van der Waals surface area contributed by atoms with Gasteiger partial charge in [0, 0.05) is 34.4 Å². The molecule has 2 saturated carbocycles. The molecule has 0 amide bonds. The molecule has 394 valence electrons. The maximum atomic E-state index is 13.0. The Morgan fingerprint density at radius 3 is 1.04 bits per heavy atom. The van der Waals surface area contributed by atoms with Crippen molar-refractivity contribution in [2.75, 3.05) is 13.2 Å². The Bertz CT molecular complexity index is 1620. The van der Waals surface area contributed by atoms with Crippen LogP contribution in [0.1, 0.15) is 271 Å². The van der Waals surface area contributed by atoms with Crippen LogP contribution in [0.25, 0.3) is 21.5 Å². The van der Waals surface area contributed by atoms with Gasteiger partial charge in [0.15, 0.2) is 0 Å². The van der Waals surface area contributed by atoms with Crippen molar-refractivity contribution >= 4 is 33.5 Å². The topological polar surface area (TPSA) is 71.1 Å². The summed E-state index contributed by atoms with van der Waals surface area (Å²) in [7, 11) is 0. The molecule has 0 bridgehead atoms. The van der Waals surface area contributed by atoms with Gasteiger partial charge in [-0.05, 0) is 76.0 Å². The number of ether oxygens (including phenoxy) is 4. The number of esters is 2. The average Bonchev–Trinajstić information content (AvgIpc) is 3.38. The van der Waals surface area contributed by atoms with Crippen LogP contribution in [0.2, 0.25) is 0 Å². The lowest BCUT2D eigenvalue weighted by Gasteiger charge is -2.25. The van der Waals surface area contributed by atoms with Crippen LogP contribution in [0.3, 0.4) is 0 Å². The number of rotatable bonds is 40. The Hall–Kier alpha value is -3.28. The van der Waals surface area contributed by atoms with Crippen LogP contribution in [-0.4, -0.2) is 37.4 Å². The van der Waals surface area contributed by atoms with Gasteiger partial charge in [0.1, 0.15) is 11.5 Å². The molecule has 0 heterocycles. The van der Waals surface area contributed by atoms with E-state index in [9.17, 15) is 9.59 Å². The van der Waals surface area contributed by atoms with Crippen molar-refractivity contribution in [3.05, 3.63) is 48.5 Å². The molecule has 0 spiro atoms. The second-order valence-corrected chi connectivity index (χ2v) is 22.0. The van der Waals surface area contributed by atoms with Gasteiger partial charge in [-0.15, -0.1) is 0 Å². The van der Waals surface area contributed by atoms with Crippen LogP contribution in [0.4, 0.5) is 0 Å². The lowest BCUT2D eigenvalue weighted by Crippen LogP contribution is -2.19. The molecule has 0 aromatic heterocycles. The molecule has 0 radical (unpaired) electrons. The molecule has 5 rings (SSSR count). The Morgan fingerprint density at radius 2 is 0.714 bits per heavy atom. The van der Waals surface area contributed by atoms with Crippen molar-refractivity contribution in [2.24, 2.45) is 11.8 Å². The summed E-state index contributed by atoms with van der Waals surface area (Å²) in [6, 6.07) is 17.3. The van der Waals surface area contributed by atoms with Gasteiger partial charge in [0.25, 0.3) is 0 Å². The number of carbonyl (C=O) groups excluding carboxylic acids is 2. The summed E-state index contributed by atoms with van der Waals surface area (Å²) in [5.74, 6) is 3.15. The summed E-state index contributed by atoms with van der Waals surface area (Å²) >= 11 is 0. The smallest absolute Gasteiger partial charge is 0.305 e. The van der Waals surface area contributed by atoms with E-state index in [1.807, 2.05) is 0 Å². The molecule has 0 saturated heterocycles. The van der Waals surface area contributed by atoms with Gasteiger partial charge in [0.05, 0.1) is 25.4 Å². The van der Waals surface area contributed by atoms with Crippen LogP contribution >= 0.6 is 0 Å². The predicted octanol–water partition coefficient (Wildman–Crippen LogP) is 19.5. The number of carbonyl (C=O) groups is 2. The summed E-state index contributed by atoms with van der Waals surface area (Å²) < 4.78 is 26.1. The summed E-state index contributed by atoms with van der Waals surface area (Å²) in [5.41, 5.74) is 0. The van der Waals surface area contributed by atoms with Crippen molar-refractivity contribution in [2.45, 2.75) is 283 Å². The molecular formula is C64H102O6. The SMILES string of the molecule is CCCCCCCCCCCCC(CCCC(=O)OCCC1CCCCC1)Oc1c2ccccc2c(OC(CCCCCCCCCCCC)CCCC(=O)OCCC2CCCCC2)c2ccccc12. The summed E-state index contributed by atoms with van der Waals surface area (Å²) in [5, 5.41) is 4.30. The number of fused-ring (bicyclic) bond motifs is 2. The second kappa shape index (κ2) is 36.6. The zero-order valence-electron chi connectivity index (χ0n) is 45.1. The Kier molecular flexibility index (Phi) is 30.1. The Balaban J connectivity index is 1.25. The van der Waals surface area contributed by atoms with Gasteiger partial charge >= 0.3 is 11.9 Å². The van der Waals surface area contributed by atoms with E-state index in [0.717, 1.165) is 97.3 Å². The van der Waals surface area contributed by atoms with Crippen LogP contribution in [0, 0.1) is 11.8 Å². The van der Waals surface area contributed by atoms with Crippen LogP contribution in [0.5, 0.6) is 11.5 Å². The molecule has 2 unspecified atom stereocenters. The first-order valence-corrected chi connectivity index (χ1v) is 30.1. The van der Waals surface area contributed by atoms with Crippen molar-refractivity contribution in [1.29, 1.82) is 0 Å². The molecule has 6 nitrogen and oxygen atoms in total. The summed E-state index contributed by atoms with van der Waals surface area (Å²) in [6.07, 6.45) is 47.1. The molecular weight excluding hydrogens is 865 g/mol. The first-order chi connectivity index (χ1) is 34.6. The lowest BCUT2D eigenvalue weighted by molar-refractivity contribution is -0.145. The number of hydrogen-bond donors (Lipinski definition) is 0. The first kappa shape index (κ1) is 57.6. The molecule has 2 aliphatic carbocycles. The van der Waals surface area contributed by atoms with Gasteiger partial charge in [-0.2, -0.15) is 0 Å². The van der Waals surface area contributed by atoms with E-state index >= 15 is 0 Å². The molecule has 2 fully saturated rings. The highest BCUT2D eigenvalue weighted by molar-refractivity contribution is 6.11. The van der Waals surface area contributed by atoms with Crippen molar-refractivity contribution in [1.82, 2.24) is 0 Å². The van der Waals surface area contributed by atoms with Gasteiger partial charge in [0.2, 0.25) is 0 Å². The van der Waals surface area contributed by atoms with E-state index in [4.69, 9.17) is 18.9 Å². The second-order valence-electron chi connectivity index (χ2n) is 22.0. The highest BCUT2D eigenvalue weighted by atomic mass is 16.5. The molecule has 2 aliphatic rings. The minimum atomic E-state index is -0.0650. The van der Waals surface area contributed by atoms with Crippen LogP contribution in [0.15, 0.2) is 48.5 Å². The number of hydrogen-bond acceptors (Lipinski definition) is 6. The first-order valence-electron chi connectivity index (χ1n) is 30.1. The van der Waals surface area contributed by atoms with Crippen LogP contribution < -0.4 is 9.47 Å². The van der Waals surface area contributed by atoms with Gasteiger partial charge in [-0.1, -0.05) is 242 Å². The fourth-order valence-corrected chi connectivity index (χ4v) is 11.6. The molecule has 3 aromatic carbocycles. The van der Waals surface area contributed by atoms with Crippen molar-refractivity contribution < 1.29 is 28.5 Å². The molecule has 2 atom stereocenters. The maximum absolute atomic E-state index is 13.0. The van der Waals surface area contributed by atoms with Crippen molar-refractivity contribution in [3.8, 4) is 11.5 Å². The van der Waals surface area contributed by atoms with Gasteiger partial charge < -0.3 is 18.9 Å². The third-order valence-corrected chi connectivity index (χ3v) is 16.0. The molecule has 6 heteroatoms. The highest BCUT2D eigenvalue weighted by Crippen LogP contribution is 2.44. The quantitative estimate of drug-likeness (QED) is 0.0321. The summed E-state index contributed by atoms with van der Waals surface area (Å²) in [6.45, 7) is 5.69. The monoisotopic (exact) mass is 967 g/mol. The van der Waals surface area contributed by atoms with Gasteiger partial charge in [-0.25, -0.2) is 0 Å². The minimum Gasteiger partial charge on any atom is -0.489 e. The number of unbranched alkanes of at least 4 members (excludes halogenated alkanes) is 18. The van der Waals surface area contributed by atoms with E-state index in [1.165, 1.54) is 180 Å². The molecule has 70 heavy (non-hydrogen) atoms. The summed E-state index contributed by atoms with van der Waals surface area (Å²) in [4.78, 5) is 26.0. The van der Waals surface area contributed by atoms with Crippen LogP contribution in [-0.2, 0) is 19.1 Å². The third-order valence-electron chi connectivity index (χ3n) is 16.0. The lowest BCUT2D eigenvalue weighted by atomic mass is 9.87. The fraction of sp³-hybridized carbons (Fsp3) is 0.750. The zero-order valence-corrected chi connectivity index (χ0v) is 45.1.